The molecule has 3 atom stereocenters. The van der Waals surface area contributed by atoms with Gasteiger partial charge in [-0.25, -0.2) is 13.8 Å². The molecule has 1 amide bonds. The van der Waals surface area contributed by atoms with Crippen molar-refractivity contribution in [2.45, 2.75) is 38.3 Å². The predicted molar refractivity (Wildman–Crippen MR) is 129 cm³/mol. The summed E-state index contributed by atoms with van der Waals surface area (Å²) in [5.41, 5.74) is 12.7. The third-order valence-electron chi connectivity index (χ3n) is 6.08. The Bertz CT molecular complexity index is 1210. The largest absolute Gasteiger partial charge is 0.365 e. The SMILES string of the molecule is C[C@H]1CCC[C@H](N)[C@@H]1Nc1nc(Nc2cncc(-c3cccc(Cl)c3F)c2)c(C(N)=O)cc1F. The molecule has 0 unspecified atom stereocenters. The van der Waals surface area contributed by atoms with Crippen LogP contribution in [0.3, 0.4) is 0 Å². The Balaban J connectivity index is 1.68. The second kappa shape index (κ2) is 9.90. The van der Waals surface area contributed by atoms with Crippen molar-refractivity contribution in [3.63, 3.8) is 0 Å². The summed E-state index contributed by atoms with van der Waals surface area (Å²) in [6.07, 6.45) is 5.75. The zero-order valence-corrected chi connectivity index (χ0v) is 19.2. The number of aromatic nitrogens is 2. The van der Waals surface area contributed by atoms with Crippen molar-refractivity contribution < 1.29 is 13.6 Å². The molecule has 0 aliphatic heterocycles. The lowest BCUT2D eigenvalue weighted by molar-refractivity contribution is 0.100. The minimum Gasteiger partial charge on any atom is -0.365 e. The predicted octanol–water partition coefficient (Wildman–Crippen LogP) is 4.85. The fourth-order valence-corrected chi connectivity index (χ4v) is 4.43. The van der Waals surface area contributed by atoms with Gasteiger partial charge in [-0.1, -0.05) is 37.1 Å². The number of nitrogens with two attached hydrogens (primary N) is 2. The number of carbonyl (C=O) groups is 1. The molecule has 4 rings (SSSR count). The van der Waals surface area contributed by atoms with E-state index in [1.54, 1.807) is 18.2 Å². The Hall–Kier alpha value is -3.30. The van der Waals surface area contributed by atoms with Gasteiger partial charge < -0.3 is 22.1 Å². The van der Waals surface area contributed by atoms with Crippen LogP contribution in [0.1, 0.15) is 36.5 Å². The summed E-state index contributed by atoms with van der Waals surface area (Å²) in [5, 5.41) is 6.05. The quantitative estimate of drug-likeness (QED) is 0.395. The lowest BCUT2D eigenvalue weighted by Crippen LogP contribution is -2.47. The highest BCUT2D eigenvalue weighted by Crippen LogP contribution is 2.31. The molecular weight excluding hydrogens is 462 g/mol. The van der Waals surface area contributed by atoms with Gasteiger partial charge in [0.1, 0.15) is 11.6 Å². The Kier molecular flexibility index (Phi) is 6.95. The van der Waals surface area contributed by atoms with E-state index in [1.807, 2.05) is 0 Å². The van der Waals surface area contributed by atoms with Gasteiger partial charge in [0.15, 0.2) is 11.6 Å². The molecule has 1 aliphatic rings. The van der Waals surface area contributed by atoms with Crippen LogP contribution in [0.15, 0.2) is 42.7 Å². The van der Waals surface area contributed by atoms with Crippen molar-refractivity contribution in [2.24, 2.45) is 17.4 Å². The van der Waals surface area contributed by atoms with Gasteiger partial charge in [0.2, 0.25) is 0 Å². The fraction of sp³-hybridized carbons (Fsp3) is 0.292. The van der Waals surface area contributed by atoms with E-state index < -0.39 is 17.5 Å². The molecule has 2 heterocycles. The summed E-state index contributed by atoms with van der Waals surface area (Å²) >= 11 is 5.90. The Labute approximate surface area is 200 Å². The first-order valence-corrected chi connectivity index (χ1v) is 11.3. The number of amides is 1. The summed E-state index contributed by atoms with van der Waals surface area (Å²) < 4.78 is 29.3. The first kappa shape index (κ1) is 23.8. The average Bonchev–Trinajstić information content (AvgIpc) is 2.80. The highest BCUT2D eigenvalue weighted by atomic mass is 35.5. The molecule has 34 heavy (non-hydrogen) atoms. The van der Waals surface area contributed by atoms with Gasteiger partial charge in [-0.15, -0.1) is 0 Å². The number of benzene rings is 1. The molecule has 1 saturated carbocycles. The zero-order valence-electron chi connectivity index (χ0n) is 18.5. The van der Waals surface area contributed by atoms with Crippen LogP contribution in [-0.4, -0.2) is 28.0 Å². The van der Waals surface area contributed by atoms with E-state index in [4.69, 9.17) is 23.1 Å². The second-order valence-corrected chi connectivity index (χ2v) is 8.92. The minimum atomic E-state index is -0.854. The van der Waals surface area contributed by atoms with Crippen molar-refractivity contribution in [3.8, 4) is 11.1 Å². The number of hydrogen-bond acceptors (Lipinski definition) is 6. The lowest BCUT2D eigenvalue weighted by atomic mass is 9.82. The monoisotopic (exact) mass is 486 g/mol. The van der Waals surface area contributed by atoms with Gasteiger partial charge in [-0.05, 0) is 37.0 Å². The molecule has 0 radical (unpaired) electrons. The molecule has 7 nitrogen and oxygen atoms in total. The summed E-state index contributed by atoms with van der Waals surface area (Å²) in [7, 11) is 0. The molecule has 2 aromatic heterocycles. The Morgan fingerprint density at radius 1 is 1.18 bits per heavy atom. The third kappa shape index (κ3) is 4.95. The third-order valence-corrected chi connectivity index (χ3v) is 6.37. The summed E-state index contributed by atoms with van der Waals surface area (Å²) in [6.45, 7) is 2.05. The van der Waals surface area contributed by atoms with E-state index >= 15 is 0 Å². The van der Waals surface area contributed by atoms with Crippen LogP contribution >= 0.6 is 11.6 Å². The van der Waals surface area contributed by atoms with Crippen molar-refractivity contribution >= 4 is 34.8 Å². The van der Waals surface area contributed by atoms with E-state index in [0.29, 0.717) is 11.3 Å². The van der Waals surface area contributed by atoms with Crippen LogP contribution in [-0.2, 0) is 0 Å². The fourth-order valence-electron chi connectivity index (χ4n) is 4.26. The molecule has 0 spiro atoms. The van der Waals surface area contributed by atoms with Gasteiger partial charge in [0.25, 0.3) is 5.91 Å². The number of primary amides is 1. The normalized spacial score (nSPS) is 20.1. The van der Waals surface area contributed by atoms with Crippen molar-refractivity contribution in [2.75, 3.05) is 10.6 Å². The molecule has 3 aromatic rings. The highest BCUT2D eigenvalue weighted by Gasteiger charge is 2.29. The van der Waals surface area contributed by atoms with E-state index in [0.717, 1.165) is 25.3 Å². The average molecular weight is 487 g/mol. The van der Waals surface area contributed by atoms with E-state index in [-0.39, 0.29) is 45.8 Å². The molecule has 0 bridgehead atoms. The molecule has 10 heteroatoms. The van der Waals surface area contributed by atoms with Crippen LogP contribution in [0, 0.1) is 17.6 Å². The van der Waals surface area contributed by atoms with Gasteiger partial charge in [-0.3, -0.25) is 9.78 Å². The van der Waals surface area contributed by atoms with Gasteiger partial charge in [-0.2, -0.15) is 0 Å². The van der Waals surface area contributed by atoms with Gasteiger partial charge in [0, 0.05) is 29.4 Å². The number of nitrogens with zero attached hydrogens (tertiary/aromatic N) is 2. The van der Waals surface area contributed by atoms with Crippen LogP contribution in [0.4, 0.5) is 26.1 Å². The van der Waals surface area contributed by atoms with Crippen molar-refractivity contribution in [1.29, 1.82) is 0 Å². The molecule has 1 aliphatic carbocycles. The van der Waals surface area contributed by atoms with Crippen LogP contribution < -0.4 is 22.1 Å². The number of carbonyl (C=O) groups excluding carboxylic acids is 1. The number of pyridine rings is 2. The van der Waals surface area contributed by atoms with E-state index in [1.165, 1.54) is 18.5 Å². The number of nitrogens with one attached hydrogen (secondary N) is 2. The number of halogens is 3. The summed E-state index contributed by atoms with van der Waals surface area (Å²) in [4.78, 5) is 20.4. The topological polar surface area (TPSA) is 119 Å². The van der Waals surface area contributed by atoms with Crippen LogP contribution in [0.2, 0.25) is 5.02 Å². The number of rotatable bonds is 6. The van der Waals surface area contributed by atoms with Crippen LogP contribution in [0.5, 0.6) is 0 Å². The number of anilines is 3. The second-order valence-electron chi connectivity index (χ2n) is 8.51. The summed E-state index contributed by atoms with van der Waals surface area (Å²) in [6, 6.07) is 6.98. The Morgan fingerprint density at radius 2 is 1.97 bits per heavy atom. The first-order chi connectivity index (χ1) is 16.2. The Morgan fingerprint density at radius 3 is 2.71 bits per heavy atom. The van der Waals surface area contributed by atoms with E-state index in [2.05, 4.69) is 27.5 Å². The zero-order chi connectivity index (χ0) is 24.4. The molecular formula is C24H25ClF2N6O. The molecule has 0 saturated heterocycles. The molecule has 6 N–H and O–H groups in total. The lowest BCUT2D eigenvalue weighted by Gasteiger charge is -2.35. The standard InChI is InChI=1S/C24H25ClF2N6O/c1-12-4-2-7-19(28)21(12)32-24-18(26)9-16(22(29)34)23(33-24)31-14-8-13(10-30-11-14)15-5-3-6-17(25)20(15)27/h3,5-6,8-12,19,21H,2,4,7,28H2,1H3,(H2,29,34)(H2,31,32,33)/t12-,19-,21+/m0/s1. The smallest absolute Gasteiger partial charge is 0.252 e. The van der Waals surface area contributed by atoms with Crippen molar-refractivity contribution in [1.82, 2.24) is 9.97 Å². The molecule has 1 fully saturated rings. The highest BCUT2D eigenvalue weighted by molar-refractivity contribution is 6.31. The minimum absolute atomic E-state index is 0.0158. The van der Waals surface area contributed by atoms with Gasteiger partial charge in [0.05, 0.1) is 22.5 Å². The van der Waals surface area contributed by atoms with Crippen LogP contribution in [0.25, 0.3) is 11.1 Å². The maximum absolute atomic E-state index is 14.8. The maximum atomic E-state index is 14.8. The first-order valence-electron chi connectivity index (χ1n) is 10.9. The molecule has 1 aromatic carbocycles. The van der Waals surface area contributed by atoms with Crippen molar-refractivity contribution in [3.05, 3.63) is 64.9 Å². The maximum Gasteiger partial charge on any atom is 0.252 e. The summed E-state index contributed by atoms with van der Waals surface area (Å²) in [5.74, 6) is -1.91. The van der Waals surface area contributed by atoms with E-state index in [9.17, 15) is 13.6 Å². The molecule has 178 valence electrons. The van der Waals surface area contributed by atoms with Gasteiger partial charge >= 0.3 is 0 Å². The number of hydrogen-bond donors (Lipinski definition) is 4.